The Bertz CT molecular complexity index is 896. The van der Waals surface area contributed by atoms with Crippen LogP contribution in [0.2, 0.25) is 0 Å². The van der Waals surface area contributed by atoms with Crippen LogP contribution in [0.3, 0.4) is 0 Å². The fourth-order valence-electron chi connectivity index (χ4n) is 2.82. The van der Waals surface area contributed by atoms with E-state index in [-0.39, 0.29) is 37.9 Å². The van der Waals surface area contributed by atoms with E-state index < -0.39 is 0 Å². The molecule has 0 unspecified atom stereocenters. The van der Waals surface area contributed by atoms with Gasteiger partial charge in [-0.25, -0.2) is 0 Å². The van der Waals surface area contributed by atoms with E-state index in [1.165, 1.54) is 0 Å². The number of hydrogen-bond acceptors (Lipinski definition) is 5. The number of benzene rings is 2. The van der Waals surface area contributed by atoms with Crippen LogP contribution < -0.4 is 15.0 Å². The highest BCUT2D eigenvalue weighted by Gasteiger charge is 2.19. The molecule has 0 fully saturated rings. The van der Waals surface area contributed by atoms with Gasteiger partial charge in [0.2, 0.25) is 11.8 Å². The SMILES string of the molecule is CCOc1ccc(N(CCC#N)C(=O)CN(C)CC(=O)Nc2ccccc2Br)cc1. The third kappa shape index (κ3) is 7.17. The fourth-order valence-corrected chi connectivity index (χ4v) is 3.20. The minimum Gasteiger partial charge on any atom is -0.494 e. The van der Waals surface area contributed by atoms with Crippen molar-refractivity contribution < 1.29 is 14.3 Å². The van der Waals surface area contributed by atoms with Gasteiger partial charge in [-0.05, 0) is 66.3 Å². The number of hydrogen-bond donors (Lipinski definition) is 1. The van der Waals surface area contributed by atoms with Gasteiger partial charge in [0.25, 0.3) is 0 Å². The van der Waals surface area contributed by atoms with Crippen molar-refractivity contribution in [1.29, 1.82) is 5.26 Å². The molecule has 2 aromatic carbocycles. The summed E-state index contributed by atoms with van der Waals surface area (Å²) in [7, 11) is 1.71. The molecule has 30 heavy (non-hydrogen) atoms. The van der Waals surface area contributed by atoms with E-state index in [1.54, 1.807) is 47.2 Å². The highest BCUT2D eigenvalue weighted by atomic mass is 79.9. The number of nitrogens with zero attached hydrogens (tertiary/aromatic N) is 3. The standard InChI is InChI=1S/C22H25BrN4O3/c1-3-30-18-11-9-17(10-12-18)27(14-6-13-24)22(29)16-26(2)15-21(28)25-20-8-5-4-7-19(20)23/h4-5,7-12H,3,6,14-16H2,1-2H3,(H,25,28). The van der Waals surface area contributed by atoms with Crippen molar-refractivity contribution in [3.8, 4) is 11.8 Å². The van der Waals surface area contributed by atoms with Gasteiger partial charge >= 0.3 is 0 Å². The van der Waals surface area contributed by atoms with Crippen LogP contribution in [-0.2, 0) is 9.59 Å². The number of ether oxygens (including phenoxy) is 1. The zero-order valence-corrected chi connectivity index (χ0v) is 18.7. The lowest BCUT2D eigenvalue weighted by molar-refractivity contribution is -0.121. The molecule has 0 saturated carbocycles. The van der Waals surface area contributed by atoms with Crippen LogP contribution in [0.5, 0.6) is 5.75 Å². The molecule has 7 nitrogen and oxygen atoms in total. The Morgan fingerprint density at radius 3 is 2.47 bits per heavy atom. The first-order valence-corrected chi connectivity index (χ1v) is 10.4. The Morgan fingerprint density at radius 1 is 1.13 bits per heavy atom. The highest BCUT2D eigenvalue weighted by molar-refractivity contribution is 9.10. The van der Waals surface area contributed by atoms with Crippen LogP contribution in [0.15, 0.2) is 53.0 Å². The lowest BCUT2D eigenvalue weighted by Crippen LogP contribution is -2.42. The minimum absolute atomic E-state index is 0.0437. The summed E-state index contributed by atoms with van der Waals surface area (Å²) in [6, 6.07) is 16.6. The van der Waals surface area contributed by atoms with Gasteiger partial charge in [0.05, 0.1) is 37.9 Å². The molecule has 0 saturated heterocycles. The molecule has 1 N–H and O–H groups in total. The fraction of sp³-hybridized carbons (Fsp3) is 0.318. The zero-order chi connectivity index (χ0) is 21.9. The molecule has 0 atom stereocenters. The van der Waals surface area contributed by atoms with Crippen LogP contribution in [-0.4, -0.2) is 50.0 Å². The number of likely N-dealkylation sites (N-methyl/N-ethyl adjacent to an activating group) is 1. The molecule has 0 heterocycles. The summed E-state index contributed by atoms with van der Waals surface area (Å²) in [5, 5.41) is 11.8. The monoisotopic (exact) mass is 472 g/mol. The van der Waals surface area contributed by atoms with E-state index in [4.69, 9.17) is 10.00 Å². The Labute approximate surface area is 185 Å². The van der Waals surface area contributed by atoms with Crippen LogP contribution in [0.25, 0.3) is 0 Å². The number of anilines is 2. The van der Waals surface area contributed by atoms with Crippen molar-refractivity contribution in [2.45, 2.75) is 13.3 Å². The van der Waals surface area contributed by atoms with E-state index in [0.29, 0.717) is 18.0 Å². The minimum atomic E-state index is -0.221. The Hall–Kier alpha value is -2.89. The molecule has 2 aromatic rings. The summed E-state index contributed by atoms with van der Waals surface area (Å²) >= 11 is 3.39. The van der Waals surface area contributed by atoms with Crippen molar-refractivity contribution in [1.82, 2.24) is 4.90 Å². The molecule has 8 heteroatoms. The predicted molar refractivity (Wildman–Crippen MR) is 120 cm³/mol. The predicted octanol–water partition coefficient (Wildman–Crippen LogP) is 3.66. The molecular weight excluding hydrogens is 448 g/mol. The average Bonchev–Trinajstić information content (AvgIpc) is 2.71. The molecular formula is C22H25BrN4O3. The number of para-hydroxylation sites is 1. The van der Waals surface area contributed by atoms with Gasteiger partial charge in [0.1, 0.15) is 5.75 Å². The molecule has 0 spiro atoms. The van der Waals surface area contributed by atoms with Crippen LogP contribution >= 0.6 is 15.9 Å². The first kappa shape index (κ1) is 23.4. The zero-order valence-electron chi connectivity index (χ0n) is 17.1. The quantitative estimate of drug-likeness (QED) is 0.569. The third-order valence-corrected chi connectivity index (χ3v) is 4.87. The molecule has 0 aromatic heterocycles. The maximum Gasteiger partial charge on any atom is 0.241 e. The van der Waals surface area contributed by atoms with Gasteiger partial charge in [-0.2, -0.15) is 5.26 Å². The number of carbonyl (C=O) groups excluding carboxylic acids is 2. The number of halogens is 1. The first-order valence-electron chi connectivity index (χ1n) is 9.57. The normalized spacial score (nSPS) is 10.4. The van der Waals surface area contributed by atoms with Crippen molar-refractivity contribution in [2.24, 2.45) is 0 Å². The Morgan fingerprint density at radius 2 is 1.83 bits per heavy atom. The van der Waals surface area contributed by atoms with Crippen molar-refractivity contribution in [2.75, 3.05) is 43.5 Å². The molecule has 2 amide bonds. The summed E-state index contributed by atoms with van der Waals surface area (Å²) in [5.74, 6) is 0.308. The smallest absolute Gasteiger partial charge is 0.241 e. The van der Waals surface area contributed by atoms with Gasteiger partial charge < -0.3 is 15.0 Å². The van der Waals surface area contributed by atoms with E-state index in [2.05, 4.69) is 27.3 Å². The molecule has 0 radical (unpaired) electrons. The van der Waals surface area contributed by atoms with E-state index in [0.717, 1.165) is 10.2 Å². The van der Waals surface area contributed by atoms with Gasteiger partial charge in [-0.1, -0.05) is 12.1 Å². The second-order valence-corrected chi connectivity index (χ2v) is 7.44. The number of rotatable bonds is 10. The van der Waals surface area contributed by atoms with Crippen molar-refractivity contribution >= 4 is 39.1 Å². The van der Waals surface area contributed by atoms with Crippen LogP contribution in [0, 0.1) is 11.3 Å². The number of nitriles is 1. The second kappa shape index (κ2) is 12.0. The topological polar surface area (TPSA) is 85.7 Å². The van der Waals surface area contributed by atoms with Crippen LogP contribution in [0.4, 0.5) is 11.4 Å². The Balaban J connectivity index is 1.99. The first-order chi connectivity index (χ1) is 14.4. The molecule has 0 aliphatic rings. The molecule has 0 aliphatic heterocycles. The largest absolute Gasteiger partial charge is 0.494 e. The lowest BCUT2D eigenvalue weighted by atomic mass is 10.2. The van der Waals surface area contributed by atoms with Gasteiger partial charge in [-0.15, -0.1) is 0 Å². The third-order valence-electron chi connectivity index (χ3n) is 4.17. The number of carbonyl (C=O) groups is 2. The molecule has 2 rings (SSSR count). The summed E-state index contributed by atoms with van der Waals surface area (Å²) in [6.45, 7) is 2.84. The average molecular weight is 473 g/mol. The van der Waals surface area contributed by atoms with E-state index >= 15 is 0 Å². The molecule has 0 bridgehead atoms. The van der Waals surface area contributed by atoms with E-state index in [9.17, 15) is 9.59 Å². The van der Waals surface area contributed by atoms with Crippen LogP contribution in [0.1, 0.15) is 13.3 Å². The number of amides is 2. The summed E-state index contributed by atoms with van der Waals surface area (Å²) in [4.78, 5) is 28.4. The van der Waals surface area contributed by atoms with Crippen molar-refractivity contribution in [3.63, 3.8) is 0 Å². The van der Waals surface area contributed by atoms with E-state index in [1.807, 2.05) is 25.1 Å². The summed E-state index contributed by atoms with van der Waals surface area (Å²) in [5.41, 5.74) is 1.36. The summed E-state index contributed by atoms with van der Waals surface area (Å²) < 4.78 is 6.22. The lowest BCUT2D eigenvalue weighted by Gasteiger charge is -2.25. The maximum atomic E-state index is 12.9. The van der Waals surface area contributed by atoms with Crippen molar-refractivity contribution in [3.05, 3.63) is 53.0 Å². The van der Waals surface area contributed by atoms with Gasteiger partial charge in [0, 0.05) is 16.7 Å². The van der Waals surface area contributed by atoms with Gasteiger partial charge in [0.15, 0.2) is 0 Å². The van der Waals surface area contributed by atoms with Gasteiger partial charge in [-0.3, -0.25) is 14.5 Å². The number of nitrogens with one attached hydrogen (secondary N) is 1. The maximum absolute atomic E-state index is 12.9. The highest BCUT2D eigenvalue weighted by Crippen LogP contribution is 2.22. The second-order valence-electron chi connectivity index (χ2n) is 6.58. The molecule has 158 valence electrons. The Kier molecular flexibility index (Phi) is 9.32. The molecule has 0 aliphatic carbocycles. The summed E-state index contributed by atoms with van der Waals surface area (Å²) in [6.07, 6.45) is 0.213.